The molecule has 31 heavy (non-hydrogen) atoms. The number of hydrogen-bond donors (Lipinski definition) is 2. The van der Waals surface area contributed by atoms with E-state index >= 15 is 0 Å². The van der Waals surface area contributed by atoms with Crippen LogP contribution in [-0.2, 0) is 22.6 Å². The molecule has 3 rings (SSSR count). The van der Waals surface area contributed by atoms with E-state index in [0.29, 0.717) is 17.8 Å². The third kappa shape index (κ3) is 6.37. The van der Waals surface area contributed by atoms with Crippen molar-refractivity contribution < 1.29 is 14.0 Å². The molecule has 160 valence electrons. The van der Waals surface area contributed by atoms with E-state index in [1.807, 2.05) is 13.0 Å². The second-order valence-electron chi connectivity index (χ2n) is 7.21. The molecule has 0 bridgehead atoms. The summed E-state index contributed by atoms with van der Waals surface area (Å²) in [5, 5.41) is 5.66. The van der Waals surface area contributed by atoms with Gasteiger partial charge in [-0.1, -0.05) is 36.4 Å². The number of nitrogens with one attached hydrogen (secondary N) is 2. The van der Waals surface area contributed by atoms with Gasteiger partial charge in [-0.15, -0.1) is 0 Å². The maximum absolute atomic E-state index is 13.7. The highest BCUT2D eigenvalue weighted by Gasteiger charge is 2.12. The summed E-state index contributed by atoms with van der Waals surface area (Å²) in [5.74, 6) is -0.926. The highest BCUT2D eigenvalue weighted by atomic mass is 19.1. The van der Waals surface area contributed by atoms with Crippen LogP contribution >= 0.6 is 0 Å². The predicted molar refractivity (Wildman–Crippen MR) is 117 cm³/mol. The molecule has 0 aliphatic heterocycles. The lowest BCUT2D eigenvalue weighted by Gasteiger charge is -2.16. The first-order valence-electron chi connectivity index (χ1n) is 10.0. The largest absolute Gasteiger partial charge is 0.350 e. The molecule has 1 aromatic heterocycles. The summed E-state index contributed by atoms with van der Waals surface area (Å²) in [6.07, 6.45) is 1.75. The second-order valence-corrected chi connectivity index (χ2v) is 7.21. The molecule has 2 amide bonds. The summed E-state index contributed by atoms with van der Waals surface area (Å²) >= 11 is 0. The Morgan fingerprint density at radius 1 is 1.00 bits per heavy atom. The van der Waals surface area contributed by atoms with Crippen LogP contribution in [0, 0.1) is 5.82 Å². The molecule has 2 N–H and O–H groups in total. The number of carbonyl (C=O) groups excluding carboxylic acids is 2. The van der Waals surface area contributed by atoms with Gasteiger partial charge in [0.1, 0.15) is 5.82 Å². The van der Waals surface area contributed by atoms with E-state index in [1.165, 1.54) is 16.7 Å². The van der Waals surface area contributed by atoms with E-state index in [1.54, 1.807) is 54.7 Å². The minimum absolute atomic E-state index is 0.0674. The lowest BCUT2D eigenvalue weighted by Crippen LogP contribution is -2.29. The van der Waals surface area contributed by atoms with Gasteiger partial charge in [0.15, 0.2) is 0 Å². The van der Waals surface area contributed by atoms with Crippen LogP contribution in [-0.4, -0.2) is 16.4 Å². The maximum atomic E-state index is 13.7. The van der Waals surface area contributed by atoms with Gasteiger partial charge in [0, 0.05) is 30.9 Å². The normalized spacial score (nSPS) is 11.5. The second kappa shape index (κ2) is 10.3. The van der Waals surface area contributed by atoms with Gasteiger partial charge in [0.05, 0.1) is 12.5 Å². The quantitative estimate of drug-likeness (QED) is 0.585. The number of anilines is 1. The molecule has 0 aliphatic rings. The molecule has 3 aromatic rings. The lowest BCUT2D eigenvalue weighted by molar-refractivity contribution is -0.122. The van der Waals surface area contributed by atoms with Gasteiger partial charge >= 0.3 is 0 Å². The number of aromatic nitrogens is 1. The van der Waals surface area contributed by atoms with Gasteiger partial charge in [-0.25, -0.2) is 4.39 Å². The predicted octanol–water partition coefficient (Wildman–Crippen LogP) is 3.44. The third-order valence-electron chi connectivity index (χ3n) is 4.84. The van der Waals surface area contributed by atoms with Gasteiger partial charge in [0.25, 0.3) is 5.56 Å². The molecule has 7 heteroatoms. The minimum Gasteiger partial charge on any atom is -0.350 e. The van der Waals surface area contributed by atoms with Crippen molar-refractivity contribution in [2.24, 2.45) is 0 Å². The zero-order valence-electron chi connectivity index (χ0n) is 17.2. The Morgan fingerprint density at radius 2 is 1.77 bits per heavy atom. The van der Waals surface area contributed by atoms with Crippen molar-refractivity contribution in [1.82, 2.24) is 9.88 Å². The Morgan fingerprint density at radius 3 is 2.55 bits per heavy atom. The molecule has 0 saturated carbocycles. The SMILES string of the molecule is CC(NC(=O)CCn1ccccc1=O)c1cccc(NC(=O)Cc2ccccc2F)c1. The summed E-state index contributed by atoms with van der Waals surface area (Å²) in [7, 11) is 0. The van der Waals surface area contributed by atoms with Crippen molar-refractivity contribution >= 4 is 17.5 Å². The molecule has 1 unspecified atom stereocenters. The first kappa shape index (κ1) is 22.0. The Labute approximate surface area is 179 Å². The topological polar surface area (TPSA) is 80.2 Å². The third-order valence-corrected chi connectivity index (χ3v) is 4.84. The van der Waals surface area contributed by atoms with Crippen LogP contribution in [0.15, 0.2) is 77.7 Å². The summed E-state index contributed by atoms with van der Waals surface area (Å²) in [4.78, 5) is 36.3. The van der Waals surface area contributed by atoms with E-state index in [0.717, 1.165) is 5.56 Å². The van der Waals surface area contributed by atoms with Gasteiger partial charge in [-0.05, 0) is 42.3 Å². The zero-order valence-corrected chi connectivity index (χ0v) is 17.2. The highest BCUT2D eigenvalue weighted by Crippen LogP contribution is 2.18. The fraction of sp³-hybridized carbons (Fsp3) is 0.208. The van der Waals surface area contributed by atoms with Crippen LogP contribution in [0.4, 0.5) is 10.1 Å². The monoisotopic (exact) mass is 421 g/mol. The smallest absolute Gasteiger partial charge is 0.250 e. The van der Waals surface area contributed by atoms with Crippen molar-refractivity contribution in [3.8, 4) is 0 Å². The van der Waals surface area contributed by atoms with Crippen LogP contribution in [0.2, 0.25) is 0 Å². The molecule has 0 spiro atoms. The van der Waals surface area contributed by atoms with Crippen LogP contribution in [0.3, 0.4) is 0 Å². The molecule has 6 nitrogen and oxygen atoms in total. The first-order valence-corrected chi connectivity index (χ1v) is 10.0. The fourth-order valence-electron chi connectivity index (χ4n) is 3.17. The molecule has 1 atom stereocenters. The number of carbonyl (C=O) groups is 2. The lowest BCUT2D eigenvalue weighted by atomic mass is 10.1. The zero-order chi connectivity index (χ0) is 22.2. The maximum Gasteiger partial charge on any atom is 0.250 e. The highest BCUT2D eigenvalue weighted by molar-refractivity contribution is 5.92. The number of amides is 2. The average molecular weight is 421 g/mol. The Balaban J connectivity index is 1.55. The number of rotatable bonds is 8. The average Bonchev–Trinajstić information content (AvgIpc) is 2.75. The van der Waals surface area contributed by atoms with Crippen LogP contribution in [0.5, 0.6) is 0 Å². The minimum atomic E-state index is -0.416. The van der Waals surface area contributed by atoms with Crippen LogP contribution in [0.1, 0.15) is 30.5 Å². The standard InChI is InChI=1S/C24H24FN3O3/c1-17(26-22(29)12-14-28-13-5-4-11-24(28)31)18-8-6-9-20(15-18)27-23(30)16-19-7-2-3-10-21(19)25/h2-11,13,15,17H,12,14,16H2,1H3,(H,26,29)(H,27,30). The molecule has 0 saturated heterocycles. The number of aryl methyl sites for hydroxylation is 1. The number of hydrogen-bond acceptors (Lipinski definition) is 3. The number of nitrogens with zero attached hydrogens (tertiary/aromatic N) is 1. The molecule has 0 radical (unpaired) electrons. The van der Waals surface area contributed by atoms with E-state index in [4.69, 9.17) is 0 Å². The molecule has 2 aromatic carbocycles. The summed E-state index contributed by atoms with van der Waals surface area (Å²) in [6.45, 7) is 2.14. The van der Waals surface area contributed by atoms with Crippen molar-refractivity contribution in [2.75, 3.05) is 5.32 Å². The van der Waals surface area contributed by atoms with Crippen molar-refractivity contribution in [3.63, 3.8) is 0 Å². The van der Waals surface area contributed by atoms with E-state index in [9.17, 15) is 18.8 Å². The number of benzene rings is 2. The van der Waals surface area contributed by atoms with Crippen LogP contribution < -0.4 is 16.2 Å². The fourth-order valence-corrected chi connectivity index (χ4v) is 3.17. The van der Waals surface area contributed by atoms with Gasteiger partial charge in [-0.3, -0.25) is 14.4 Å². The molecular formula is C24H24FN3O3. The van der Waals surface area contributed by atoms with Crippen molar-refractivity contribution in [3.05, 3.63) is 100 Å². The van der Waals surface area contributed by atoms with Crippen LogP contribution in [0.25, 0.3) is 0 Å². The Bertz CT molecular complexity index is 1130. The van der Waals surface area contributed by atoms with E-state index in [2.05, 4.69) is 10.6 Å². The summed E-state index contributed by atoms with van der Waals surface area (Å²) in [6, 6.07) is 17.9. The van der Waals surface area contributed by atoms with E-state index in [-0.39, 0.29) is 36.3 Å². The van der Waals surface area contributed by atoms with Crippen molar-refractivity contribution in [2.45, 2.75) is 32.4 Å². The van der Waals surface area contributed by atoms with Gasteiger partial charge < -0.3 is 15.2 Å². The Hall–Kier alpha value is -3.74. The Kier molecular flexibility index (Phi) is 7.32. The van der Waals surface area contributed by atoms with E-state index < -0.39 is 5.82 Å². The first-order chi connectivity index (χ1) is 14.9. The number of halogens is 1. The number of pyridine rings is 1. The molecular weight excluding hydrogens is 397 g/mol. The summed E-state index contributed by atoms with van der Waals surface area (Å²) < 4.78 is 15.2. The van der Waals surface area contributed by atoms with Crippen molar-refractivity contribution in [1.29, 1.82) is 0 Å². The molecule has 0 fully saturated rings. The molecule has 0 aliphatic carbocycles. The summed E-state index contributed by atoms with van der Waals surface area (Å²) in [5.41, 5.74) is 1.56. The molecule has 1 heterocycles. The van der Waals surface area contributed by atoms with Gasteiger partial charge in [0.2, 0.25) is 11.8 Å². The van der Waals surface area contributed by atoms with Gasteiger partial charge in [-0.2, -0.15) is 0 Å².